The number of carbonyl (C=O) groups is 2. The van der Waals surface area contributed by atoms with Crippen molar-refractivity contribution in [2.24, 2.45) is 0 Å². The third-order valence-electron chi connectivity index (χ3n) is 3.35. The molecule has 0 aromatic carbocycles. The van der Waals surface area contributed by atoms with Gasteiger partial charge in [0, 0.05) is 6.61 Å². The molecule has 4 nitrogen and oxygen atoms in total. The molecule has 2 fully saturated rings. The average Bonchev–Trinajstić information content (AvgIpc) is 2.75. The van der Waals surface area contributed by atoms with E-state index >= 15 is 0 Å². The molecule has 0 saturated carbocycles. The van der Waals surface area contributed by atoms with Gasteiger partial charge in [0.05, 0.1) is 25.1 Å². The molecule has 0 aromatic heterocycles. The minimum atomic E-state index is -0.183. The molecule has 2 heterocycles. The second-order valence-corrected chi connectivity index (χ2v) is 4.47. The van der Waals surface area contributed by atoms with Gasteiger partial charge in [-0.05, 0) is 12.8 Å². The number of carbonyl (C=O) groups excluding carboxylic acids is 2. The standard InChI is InChI=1S/C11H17NO3/c1-2-3-11(4-5-15-8-11)12-7-9(13)6-10(12)14/h2-8H2,1H3. The van der Waals surface area contributed by atoms with Crippen molar-refractivity contribution in [3.63, 3.8) is 0 Å². The maximum atomic E-state index is 11.7. The van der Waals surface area contributed by atoms with Gasteiger partial charge in [-0.1, -0.05) is 13.3 Å². The van der Waals surface area contributed by atoms with Crippen LogP contribution in [0.25, 0.3) is 0 Å². The second kappa shape index (κ2) is 3.93. The number of Topliss-reactive ketones (excluding diaryl/α,β-unsaturated/α-hetero) is 1. The van der Waals surface area contributed by atoms with Crippen LogP contribution in [0.15, 0.2) is 0 Å². The predicted octanol–water partition coefficient (Wildman–Crippen LogP) is 0.747. The van der Waals surface area contributed by atoms with Gasteiger partial charge in [-0.2, -0.15) is 0 Å². The quantitative estimate of drug-likeness (QED) is 0.647. The molecule has 1 unspecified atom stereocenters. The van der Waals surface area contributed by atoms with E-state index in [-0.39, 0.29) is 23.7 Å². The molecule has 2 rings (SSSR count). The second-order valence-electron chi connectivity index (χ2n) is 4.47. The number of hydrogen-bond acceptors (Lipinski definition) is 3. The van der Waals surface area contributed by atoms with Crippen LogP contribution in [0.3, 0.4) is 0 Å². The third-order valence-corrected chi connectivity index (χ3v) is 3.35. The fourth-order valence-corrected chi connectivity index (χ4v) is 2.62. The van der Waals surface area contributed by atoms with Crippen molar-refractivity contribution in [2.45, 2.75) is 38.1 Å². The van der Waals surface area contributed by atoms with Crippen molar-refractivity contribution in [3.8, 4) is 0 Å². The molecule has 0 aliphatic carbocycles. The molecule has 15 heavy (non-hydrogen) atoms. The van der Waals surface area contributed by atoms with E-state index in [1.807, 2.05) is 0 Å². The van der Waals surface area contributed by atoms with Crippen LogP contribution >= 0.6 is 0 Å². The summed E-state index contributed by atoms with van der Waals surface area (Å²) in [5.74, 6) is 0.0290. The Morgan fingerprint density at radius 1 is 1.47 bits per heavy atom. The van der Waals surface area contributed by atoms with Crippen molar-refractivity contribution in [1.29, 1.82) is 0 Å². The van der Waals surface area contributed by atoms with Crippen LogP contribution in [0.5, 0.6) is 0 Å². The highest BCUT2D eigenvalue weighted by Gasteiger charge is 2.45. The van der Waals surface area contributed by atoms with Crippen LogP contribution in [0, 0.1) is 0 Å². The Morgan fingerprint density at radius 2 is 2.27 bits per heavy atom. The Hall–Kier alpha value is -0.900. The minimum absolute atomic E-state index is 0.0149. The summed E-state index contributed by atoms with van der Waals surface area (Å²) in [5.41, 5.74) is -0.183. The number of ketones is 1. The number of likely N-dealkylation sites (tertiary alicyclic amines) is 1. The van der Waals surface area contributed by atoms with E-state index in [9.17, 15) is 9.59 Å². The average molecular weight is 211 g/mol. The van der Waals surface area contributed by atoms with Crippen LogP contribution in [-0.4, -0.2) is 41.9 Å². The molecule has 0 N–H and O–H groups in total. The normalized spacial score (nSPS) is 31.7. The summed E-state index contributed by atoms with van der Waals surface area (Å²) in [4.78, 5) is 24.7. The van der Waals surface area contributed by atoms with Crippen LogP contribution in [0.4, 0.5) is 0 Å². The van der Waals surface area contributed by atoms with Gasteiger partial charge in [0.15, 0.2) is 5.78 Å². The lowest BCUT2D eigenvalue weighted by Gasteiger charge is -2.36. The van der Waals surface area contributed by atoms with Gasteiger partial charge in [-0.15, -0.1) is 0 Å². The lowest BCUT2D eigenvalue weighted by Crippen LogP contribution is -2.50. The van der Waals surface area contributed by atoms with E-state index in [1.165, 1.54) is 0 Å². The molecule has 0 spiro atoms. The Balaban J connectivity index is 2.17. The van der Waals surface area contributed by atoms with E-state index < -0.39 is 0 Å². The van der Waals surface area contributed by atoms with Crippen molar-refractivity contribution >= 4 is 11.7 Å². The summed E-state index contributed by atoms with van der Waals surface area (Å²) in [5, 5.41) is 0. The molecule has 0 bridgehead atoms. The van der Waals surface area contributed by atoms with Crippen LogP contribution in [0.1, 0.15) is 32.6 Å². The summed E-state index contributed by atoms with van der Waals surface area (Å²) in [6.45, 7) is 3.70. The number of amides is 1. The lowest BCUT2D eigenvalue weighted by molar-refractivity contribution is -0.133. The zero-order chi connectivity index (χ0) is 10.9. The van der Waals surface area contributed by atoms with Gasteiger partial charge in [-0.3, -0.25) is 9.59 Å². The predicted molar refractivity (Wildman–Crippen MR) is 54.4 cm³/mol. The van der Waals surface area contributed by atoms with Crippen molar-refractivity contribution in [3.05, 3.63) is 0 Å². The summed E-state index contributed by atoms with van der Waals surface area (Å²) in [6.07, 6.45) is 2.92. The Labute approximate surface area is 89.6 Å². The van der Waals surface area contributed by atoms with Gasteiger partial charge in [0.25, 0.3) is 0 Å². The largest absolute Gasteiger partial charge is 0.379 e. The Morgan fingerprint density at radius 3 is 2.73 bits per heavy atom. The molecule has 0 aromatic rings. The van der Waals surface area contributed by atoms with E-state index in [0.29, 0.717) is 19.8 Å². The molecule has 2 aliphatic rings. The van der Waals surface area contributed by atoms with Gasteiger partial charge in [0.2, 0.25) is 5.91 Å². The number of rotatable bonds is 3. The molecule has 4 heteroatoms. The smallest absolute Gasteiger partial charge is 0.231 e. The van der Waals surface area contributed by atoms with E-state index in [2.05, 4.69) is 6.92 Å². The molecule has 84 valence electrons. The lowest BCUT2D eigenvalue weighted by atomic mass is 9.91. The summed E-state index contributed by atoms with van der Waals surface area (Å²) in [7, 11) is 0. The molecule has 2 saturated heterocycles. The number of nitrogens with zero attached hydrogens (tertiary/aromatic N) is 1. The summed E-state index contributed by atoms with van der Waals surface area (Å²) >= 11 is 0. The van der Waals surface area contributed by atoms with E-state index in [4.69, 9.17) is 4.74 Å². The summed E-state index contributed by atoms with van der Waals surface area (Å²) < 4.78 is 5.40. The Kier molecular flexibility index (Phi) is 2.78. The fraction of sp³-hybridized carbons (Fsp3) is 0.818. The first-order valence-corrected chi connectivity index (χ1v) is 5.58. The van der Waals surface area contributed by atoms with Crippen molar-refractivity contribution in [1.82, 2.24) is 4.90 Å². The maximum Gasteiger partial charge on any atom is 0.231 e. The van der Waals surface area contributed by atoms with E-state index in [0.717, 1.165) is 19.3 Å². The van der Waals surface area contributed by atoms with Crippen molar-refractivity contribution in [2.75, 3.05) is 19.8 Å². The van der Waals surface area contributed by atoms with Crippen molar-refractivity contribution < 1.29 is 14.3 Å². The van der Waals surface area contributed by atoms with Gasteiger partial charge in [0.1, 0.15) is 0 Å². The van der Waals surface area contributed by atoms with Gasteiger partial charge < -0.3 is 9.64 Å². The van der Waals surface area contributed by atoms with Gasteiger partial charge in [-0.25, -0.2) is 0 Å². The maximum absolute atomic E-state index is 11.7. The monoisotopic (exact) mass is 211 g/mol. The molecule has 0 radical (unpaired) electrons. The number of ether oxygens (including phenoxy) is 1. The first kappa shape index (κ1) is 10.6. The fourth-order valence-electron chi connectivity index (χ4n) is 2.62. The number of hydrogen-bond donors (Lipinski definition) is 0. The first-order chi connectivity index (χ1) is 7.18. The minimum Gasteiger partial charge on any atom is -0.379 e. The molecule has 1 amide bonds. The molecular formula is C11H17NO3. The molecule has 1 atom stereocenters. The zero-order valence-corrected chi connectivity index (χ0v) is 9.12. The third kappa shape index (κ3) is 1.78. The Bertz CT molecular complexity index is 282. The van der Waals surface area contributed by atoms with Gasteiger partial charge >= 0.3 is 0 Å². The van der Waals surface area contributed by atoms with E-state index in [1.54, 1.807) is 4.90 Å². The first-order valence-electron chi connectivity index (χ1n) is 5.58. The van der Waals surface area contributed by atoms with Crippen LogP contribution in [0.2, 0.25) is 0 Å². The molecule has 2 aliphatic heterocycles. The highest BCUT2D eigenvalue weighted by molar-refractivity contribution is 6.05. The van der Waals surface area contributed by atoms with Crippen LogP contribution < -0.4 is 0 Å². The highest BCUT2D eigenvalue weighted by atomic mass is 16.5. The topological polar surface area (TPSA) is 46.6 Å². The van der Waals surface area contributed by atoms with Crippen LogP contribution in [-0.2, 0) is 14.3 Å². The highest BCUT2D eigenvalue weighted by Crippen LogP contribution is 2.33. The summed E-state index contributed by atoms with van der Waals surface area (Å²) in [6, 6.07) is 0. The molecular weight excluding hydrogens is 194 g/mol. The zero-order valence-electron chi connectivity index (χ0n) is 9.12. The SMILES string of the molecule is CCCC1(N2CC(=O)CC2=O)CCOC1.